The number of amides is 2. The summed E-state index contributed by atoms with van der Waals surface area (Å²) in [4.78, 5) is 29.2. The van der Waals surface area contributed by atoms with Crippen molar-refractivity contribution in [2.24, 2.45) is 17.6 Å². The van der Waals surface area contributed by atoms with Gasteiger partial charge in [0.15, 0.2) is 0 Å². The molecule has 8 heteroatoms. The SMILES string of the molecule is Cc1nc(N)ccc1CNC(=O)[C@H](C)NC(=O)[C@H]1C[C@H](C2C=C(CN)C=CC2)CN1. The fraction of sp³-hybridized carbons (Fsp3) is 0.500. The minimum absolute atomic E-state index is 0.139. The van der Waals surface area contributed by atoms with Crippen LogP contribution < -0.4 is 27.4 Å². The van der Waals surface area contributed by atoms with Gasteiger partial charge in [-0.2, -0.15) is 0 Å². The third-order valence-corrected chi connectivity index (χ3v) is 5.91. The molecule has 162 valence electrons. The van der Waals surface area contributed by atoms with Gasteiger partial charge in [0.2, 0.25) is 11.8 Å². The molecule has 2 heterocycles. The highest BCUT2D eigenvalue weighted by Gasteiger charge is 2.34. The molecule has 0 radical (unpaired) electrons. The fourth-order valence-corrected chi connectivity index (χ4v) is 4.04. The topological polar surface area (TPSA) is 135 Å². The lowest BCUT2D eigenvalue weighted by molar-refractivity contribution is -0.129. The van der Waals surface area contributed by atoms with Crippen molar-refractivity contribution in [1.29, 1.82) is 0 Å². The van der Waals surface area contributed by atoms with Gasteiger partial charge in [-0.25, -0.2) is 4.98 Å². The second-order valence-electron chi connectivity index (χ2n) is 8.13. The lowest BCUT2D eigenvalue weighted by Gasteiger charge is -2.22. The van der Waals surface area contributed by atoms with Crippen LogP contribution in [0.5, 0.6) is 0 Å². The molecule has 1 aliphatic heterocycles. The van der Waals surface area contributed by atoms with Crippen LogP contribution in [0.1, 0.15) is 31.0 Å². The molecule has 1 fully saturated rings. The number of nitrogens with one attached hydrogen (secondary N) is 3. The molecule has 1 aliphatic carbocycles. The van der Waals surface area contributed by atoms with Crippen LogP contribution in [0.15, 0.2) is 35.9 Å². The first-order valence-electron chi connectivity index (χ1n) is 10.5. The van der Waals surface area contributed by atoms with Gasteiger partial charge in [-0.05, 0) is 62.3 Å². The highest BCUT2D eigenvalue weighted by molar-refractivity contribution is 5.89. The van der Waals surface area contributed by atoms with Gasteiger partial charge in [-0.3, -0.25) is 9.59 Å². The maximum Gasteiger partial charge on any atom is 0.242 e. The number of carbonyl (C=O) groups excluding carboxylic acids is 2. The summed E-state index contributed by atoms with van der Waals surface area (Å²) in [6, 6.07) is 2.64. The quantitative estimate of drug-likeness (QED) is 0.443. The van der Waals surface area contributed by atoms with E-state index in [1.807, 2.05) is 13.0 Å². The summed E-state index contributed by atoms with van der Waals surface area (Å²) < 4.78 is 0. The molecule has 0 saturated carbocycles. The number of aryl methyl sites for hydroxylation is 1. The van der Waals surface area contributed by atoms with Crippen LogP contribution in [0, 0.1) is 18.8 Å². The van der Waals surface area contributed by atoms with E-state index >= 15 is 0 Å². The van der Waals surface area contributed by atoms with Crippen molar-refractivity contribution in [3.8, 4) is 0 Å². The zero-order valence-electron chi connectivity index (χ0n) is 17.7. The maximum atomic E-state index is 12.6. The molecular formula is C22H32N6O2. The number of rotatable bonds is 7. The number of carbonyl (C=O) groups is 2. The van der Waals surface area contributed by atoms with Crippen molar-refractivity contribution in [1.82, 2.24) is 20.9 Å². The van der Waals surface area contributed by atoms with E-state index in [-0.39, 0.29) is 17.9 Å². The summed E-state index contributed by atoms with van der Waals surface area (Å²) in [7, 11) is 0. The van der Waals surface area contributed by atoms with Crippen LogP contribution in [0.4, 0.5) is 5.82 Å². The minimum atomic E-state index is -0.623. The zero-order valence-corrected chi connectivity index (χ0v) is 17.7. The van der Waals surface area contributed by atoms with Crippen molar-refractivity contribution < 1.29 is 9.59 Å². The summed E-state index contributed by atoms with van der Waals surface area (Å²) in [5.74, 6) is 0.861. The number of nitrogens with two attached hydrogens (primary N) is 2. The van der Waals surface area contributed by atoms with Crippen LogP contribution in [0.25, 0.3) is 0 Å². The Morgan fingerprint density at radius 3 is 2.90 bits per heavy atom. The molecule has 2 aliphatic rings. The minimum Gasteiger partial charge on any atom is -0.384 e. The van der Waals surface area contributed by atoms with Gasteiger partial charge in [0.25, 0.3) is 0 Å². The molecule has 1 unspecified atom stereocenters. The van der Waals surface area contributed by atoms with Gasteiger partial charge in [0.05, 0.1) is 6.04 Å². The highest BCUT2D eigenvalue weighted by atomic mass is 16.2. The van der Waals surface area contributed by atoms with Crippen molar-refractivity contribution >= 4 is 17.6 Å². The van der Waals surface area contributed by atoms with Gasteiger partial charge >= 0.3 is 0 Å². The Kier molecular flexibility index (Phi) is 7.23. The van der Waals surface area contributed by atoms with E-state index in [1.54, 1.807) is 13.0 Å². The monoisotopic (exact) mass is 412 g/mol. The van der Waals surface area contributed by atoms with E-state index in [0.29, 0.717) is 30.7 Å². The summed E-state index contributed by atoms with van der Waals surface area (Å²) in [6.45, 7) is 5.20. The van der Waals surface area contributed by atoms with Crippen LogP contribution in [-0.4, -0.2) is 42.0 Å². The largest absolute Gasteiger partial charge is 0.384 e. The first-order valence-corrected chi connectivity index (χ1v) is 10.5. The Hall–Kier alpha value is -2.71. The molecule has 1 saturated heterocycles. The lowest BCUT2D eigenvalue weighted by atomic mass is 9.83. The van der Waals surface area contributed by atoms with Gasteiger partial charge in [-0.15, -0.1) is 0 Å². The van der Waals surface area contributed by atoms with Crippen molar-refractivity contribution in [3.63, 3.8) is 0 Å². The number of nitrogens with zero attached hydrogens (tertiary/aromatic N) is 1. The van der Waals surface area contributed by atoms with Gasteiger partial charge in [0, 0.05) is 18.8 Å². The van der Waals surface area contributed by atoms with E-state index in [4.69, 9.17) is 11.5 Å². The molecule has 1 aromatic rings. The predicted molar refractivity (Wildman–Crippen MR) is 117 cm³/mol. The van der Waals surface area contributed by atoms with Crippen LogP contribution in [0.2, 0.25) is 0 Å². The fourth-order valence-electron chi connectivity index (χ4n) is 4.04. The smallest absolute Gasteiger partial charge is 0.242 e. The van der Waals surface area contributed by atoms with E-state index in [0.717, 1.165) is 36.2 Å². The first kappa shape index (κ1) is 22.0. The van der Waals surface area contributed by atoms with Crippen molar-refractivity contribution in [2.75, 3.05) is 18.8 Å². The number of anilines is 1. The summed E-state index contributed by atoms with van der Waals surface area (Å²) in [5, 5.41) is 8.97. The van der Waals surface area contributed by atoms with Gasteiger partial charge in [0.1, 0.15) is 11.9 Å². The lowest BCUT2D eigenvalue weighted by Crippen LogP contribution is -2.50. The van der Waals surface area contributed by atoms with Crippen molar-refractivity contribution in [3.05, 3.63) is 47.2 Å². The van der Waals surface area contributed by atoms with Crippen molar-refractivity contribution in [2.45, 2.75) is 45.3 Å². The Labute approximate surface area is 177 Å². The molecule has 0 spiro atoms. The van der Waals surface area contributed by atoms with Crippen LogP contribution in [-0.2, 0) is 16.1 Å². The summed E-state index contributed by atoms with van der Waals surface area (Å²) in [5.41, 5.74) is 14.2. The highest BCUT2D eigenvalue weighted by Crippen LogP contribution is 2.30. The van der Waals surface area contributed by atoms with E-state index < -0.39 is 6.04 Å². The molecule has 4 atom stereocenters. The third-order valence-electron chi connectivity index (χ3n) is 5.91. The van der Waals surface area contributed by atoms with Gasteiger partial charge < -0.3 is 27.4 Å². The average Bonchev–Trinajstić information content (AvgIpc) is 3.23. The van der Waals surface area contributed by atoms with E-state index in [1.165, 1.54) is 0 Å². The molecule has 1 aromatic heterocycles. The van der Waals surface area contributed by atoms with Crippen LogP contribution in [0.3, 0.4) is 0 Å². The molecule has 8 nitrogen and oxygen atoms in total. The molecular weight excluding hydrogens is 380 g/mol. The predicted octanol–water partition coefficient (Wildman–Crippen LogP) is 0.532. The van der Waals surface area contributed by atoms with E-state index in [2.05, 4.69) is 39.2 Å². The Morgan fingerprint density at radius 1 is 1.37 bits per heavy atom. The Morgan fingerprint density at radius 2 is 2.17 bits per heavy atom. The molecule has 30 heavy (non-hydrogen) atoms. The number of hydrogen-bond donors (Lipinski definition) is 5. The molecule has 3 rings (SSSR count). The normalized spacial score (nSPS) is 24.2. The number of pyridine rings is 1. The Bertz CT molecular complexity index is 850. The molecule has 2 amide bonds. The number of nitrogen functional groups attached to an aromatic ring is 1. The molecule has 7 N–H and O–H groups in total. The molecule has 0 aromatic carbocycles. The van der Waals surface area contributed by atoms with Gasteiger partial charge in [-0.1, -0.05) is 24.3 Å². The third kappa shape index (κ3) is 5.46. The summed E-state index contributed by atoms with van der Waals surface area (Å²) >= 11 is 0. The number of aromatic nitrogens is 1. The number of hydrogen-bond acceptors (Lipinski definition) is 6. The average molecular weight is 413 g/mol. The first-order chi connectivity index (χ1) is 14.4. The molecule has 0 bridgehead atoms. The maximum absolute atomic E-state index is 12.6. The second kappa shape index (κ2) is 9.86. The number of allylic oxidation sites excluding steroid dienone is 2. The zero-order chi connectivity index (χ0) is 21.7. The Balaban J connectivity index is 1.46. The summed E-state index contributed by atoms with van der Waals surface area (Å²) in [6.07, 6.45) is 8.19. The van der Waals surface area contributed by atoms with Crippen LogP contribution >= 0.6 is 0 Å². The van der Waals surface area contributed by atoms with E-state index in [9.17, 15) is 9.59 Å². The standard InChI is InChI=1S/C22H32N6O2/c1-13-17(6-7-20(24)27-13)11-26-21(29)14(2)28-22(30)19-9-18(12-25-19)16-5-3-4-15(8-16)10-23/h3-4,6-8,14,16,18-19,25H,5,9-12,23H2,1-2H3,(H2,24,27)(H,26,29)(H,28,30)/t14-,16?,18-,19+/m0/s1. The second-order valence-corrected chi connectivity index (χ2v) is 8.13.